The van der Waals surface area contributed by atoms with E-state index in [9.17, 15) is 14.3 Å². The van der Waals surface area contributed by atoms with Gasteiger partial charge in [0.25, 0.3) is 0 Å². The van der Waals surface area contributed by atoms with Crippen LogP contribution in [-0.2, 0) is 7.05 Å². The summed E-state index contributed by atoms with van der Waals surface area (Å²) >= 11 is 0. The minimum atomic E-state index is -1.06. The fraction of sp³-hybridized carbons (Fsp3) is 0.0625. The number of halogens is 1. The van der Waals surface area contributed by atoms with E-state index in [0.717, 1.165) is 11.1 Å². The molecular formula is C16H13FN4O2. The molecule has 0 unspecified atom stereocenters. The molecule has 0 aliphatic carbocycles. The summed E-state index contributed by atoms with van der Waals surface area (Å²) in [6.07, 6.45) is 4.48. The van der Waals surface area contributed by atoms with Crippen molar-refractivity contribution in [2.45, 2.75) is 0 Å². The molecule has 0 saturated heterocycles. The van der Waals surface area contributed by atoms with E-state index in [1.54, 1.807) is 30.1 Å². The minimum absolute atomic E-state index is 0.103. The molecule has 2 N–H and O–H groups in total. The topological polar surface area (TPSA) is 80.0 Å². The highest BCUT2D eigenvalue weighted by Crippen LogP contribution is 2.30. The van der Waals surface area contributed by atoms with Gasteiger partial charge in [-0.2, -0.15) is 5.10 Å². The van der Waals surface area contributed by atoms with Gasteiger partial charge in [-0.15, -0.1) is 0 Å². The highest BCUT2D eigenvalue weighted by molar-refractivity contribution is 5.95. The van der Waals surface area contributed by atoms with Crippen LogP contribution in [0.5, 0.6) is 0 Å². The molecule has 0 bridgehead atoms. The molecular weight excluding hydrogens is 299 g/mol. The second kappa shape index (κ2) is 5.88. The summed E-state index contributed by atoms with van der Waals surface area (Å²) in [6.45, 7) is 0. The van der Waals surface area contributed by atoms with Crippen LogP contribution in [0.2, 0.25) is 0 Å². The Labute approximate surface area is 131 Å². The van der Waals surface area contributed by atoms with Gasteiger partial charge in [-0.3, -0.25) is 9.67 Å². The molecule has 1 aromatic carbocycles. The van der Waals surface area contributed by atoms with Crippen LogP contribution in [0.25, 0.3) is 11.1 Å². The Morgan fingerprint density at radius 1 is 1.22 bits per heavy atom. The number of nitrogens with zero attached hydrogens (tertiary/aromatic N) is 3. The first-order valence-electron chi connectivity index (χ1n) is 6.78. The first-order valence-corrected chi connectivity index (χ1v) is 6.78. The minimum Gasteiger partial charge on any atom is -0.478 e. The second-order valence-corrected chi connectivity index (χ2v) is 4.89. The molecule has 0 aliphatic rings. The van der Waals surface area contributed by atoms with E-state index >= 15 is 0 Å². The number of rotatable bonds is 4. The fourth-order valence-corrected chi connectivity index (χ4v) is 2.23. The Morgan fingerprint density at radius 2 is 1.96 bits per heavy atom. The van der Waals surface area contributed by atoms with Gasteiger partial charge in [0.15, 0.2) is 0 Å². The smallest absolute Gasteiger partial charge is 0.337 e. The summed E-state index contributed by atoms with van der Waals surface area (Å²) in [4.78, 5) is 15.2. The van der Waals surface area contributed by atoms with Crippen LogP contribution in [0.15, 0.2) is 48.9 Å². The molecule has 0 fully saturated rings. The van der Waals surface area contributed by atoms with Gasteiger partial charge in [-0.1, -0.05) is 12.1 Å². The van der Waals surface area contributed by atoms with Gasteiger partial charge >= 0.3 is 5.97 Å². The lowest BCUT2D eigenvalue weighted by Crippen LogP contribution is -2.06. The van der Waals surface area contributed by atoms with Gasteiger partial charge in [-0.05, 0) is 23.8 Å². The summed E-state index contributed by atoms with van der Waals surface area (Å²) in [5, 5.41) is 16.5. The van der Waals surface area contributed by atoms with Crippen LogP contribution in [0.3, 0.4) is 0 Å². The lowest BCUT2D eigenvalue weighted by atomic mass is 10.1. The number of carboxylic acids is 1. The lowest BCUT2D eigenvalue weighted by Gasteiger charge is -2.11. The van der Waals surface area contributed by atoms with Crippen LogP contribution < -0.4 is 5.32 Å². The van der Waals surface area contributed by atoms with E-state index in [-0.39, 0.29) is 11.4 Å². The van der Waals surface area contributed by atoms with Gasteiger partial charge in [0.05, 0.1) is 23.6 Å². The van der Waals surface area contributed by atoms with E-state index in [4.69, 9.17) is 0 Å². The molecule has 2 aromatic heterocycles. The van der Waals surface area contributed by atoms with Crippen molar-refractivity contribution in [3.63, 3.8) is 0 Å². The highest BCUT2D eigenvalue weighted by Gasteiger charge is 2.15. The van der Waals surface area contributed by atoms with Crippen molar-refractivity contribution in [2.75, 3.05) is 5.32 Å². The van der Waals surface area contributed by atoms with E-state index in [1.807, 2.05) is 0 Å². The third kappa shape index (κ3) is 2.89. The maximum Gasteiger partial charge on any atom is 0.337 e. The standard InChI is InChI=1S/C16H13FN4O2/c1-21-15(20-14-9-18-7-6-12(14)16(22)23)13(8-19-21)10-2-4-11(17)5-3-10/h2-9,20H,1H3,(H,22,23). The fourth-order valence-electron chi connectivity index (χ4n) is 2.23. The molecule has 2 heterocycles. The molecule has 7 heteroatoms. The molecule has 0 atom stereocenters. The first kappa shape index (κ1) is 14.7. The maximum absolute atomic E-state index is 13.1. The Morgan fingerprint density at radius 3 is 2.65 bits per heavy atom. The number of nitrogens with one attached hydrogen (secondary N) is 1. The van der Waals surface area contributed by atoms with Gasteiger partial charge < -0.3 is 10.4 Å². The normalized spacial score (nSPS) is 10.5. The number of hydrogen-bond donors (Lipinski definition) is 2. The van der Waals surface area contributed by atoms with Gasteiger partial charge in [-0.25, -0.2) is 9.18 Å². The quantitative estimate of drug-likeness (QED) is 0.774. The first-order chi connectivity index (χ1) is 11.1. The molecule has 23 heavy (non-hydrogen) atoms. The summed E-state index contributed by atoms with van der Waals surface area (Å²) in [7, 11) is 1.73. The summed E-state index contributed by atoms with van der Waals surface area (Å²) in [5.74, 6) is -0.792. The van der Waals surface area contributed by atoms with Crippen molar-refractivity contribution in [3.05, 3.63) is 60.3 Å². The molecule has 0 spiro atoms. The zero-order valence-electron chi connectivity index (χ0n) is 12.2. The number of carboxylic acid groups (broad SMARTS) is 1. The van der Waals surface area contributed by atoms with Crippen LogP contribution in [0.4, 0.5) is 15.9 Å². The molecule has 3 aromatic rings. The van der Waals surface area contributed by atoms with Crippen LogP contribution in [-0.4, -0.2) is 25.8 Å². The SMILES string of the molecule is Cn1ncc(-c2ccc(F)cc2)c1Nc1cnccc1C(=O)O. The summed E-state index contributed by atoms with van der Waals surface area (Å²) < 4.78 is 14.7. The maximum atomic E-state index is 13.1. The molecule has 3 rings (SSSR count). The number of hydrogen-bond acceptors (Lipinski definition) is 4. The third-order valence-electron chi connectivity index (χ3n) is 3.40. The van der Waals surface area contributed by atoms with E-state index in [0.29, 0.717) is 11.5 Å². The van der Waals surface area contributed by atoms with Crippen molar-refractivity contribution < 1.29 is 14.3 Å². The molecule has 6 nitrogen and oxygen atoms in total. The molecule has 0 radical (unpaired) electrons. The predicted molar refractivity (Wildman–Crippen MR) is 83.1 cm³/mol. The van der Waals surface area contributed by atoms with Crippen molar-refractivity contribution in [1.82, 2.24) is 14.8 Å². The van der Waals surface area contributed by atoms with Crippen molar-refractivity contribution in [2.24, 2.45) is 7.05 Å². The number of benzene rings is 1. The predicted octanol–water partition coefficient (Wildman–Crippen LogP) is 3.06. The Bertz CT molecular complexity index is 859. The number of carbonyl (C=O) groups is 1. The molecule has 116 valence electrons. The molecule has 0 amide bonds. The van der Waals surface area contributed by atoms with Gasteiger partial charge in [0, 0.05) is 18.8 Å². The number of aromatic carboxylic acids is 1. The second-order valence-electron chi connectivity index (χ2n) is 4.89. The van der Waals surface area contributed by atoms with Crippen molar-refractivity contribution in [1.29, 1.82) is 0 Å². The van der Waals surface area contributed by atoms with Crippen LogP contribution >= 0.6 is 0 Å². The lowest BCUT2D eigenvalue weighted by molar-refractivity contribution is 0.0698. The van der Waals surface area contributed by atoms with Gasteiger partial charge in [0.2, 0.25) is 0 Å². The van der Waals surface area contributed by atoms with E-state index in [2.05, 4.69) is 15.4 Å². The monoisotopic (exact) mass is 312 g/mol. The summed E-state index contributed by atoms with van der Waals surface area (Å²) in [5.41, 5.74) is 1.95. The third-order valence-corrected chi connectivity index (χ3v) is 3.40. The number of pyridine rings is 1. The summed E-state index contributed by atoms with van der Waals surface area (Å²) in [6, 6.07) is 7.41. The molecule has 0 aliphatic heterocycles. The molecule has 0 saturated carbocycles. The zero-order valence-corrected chi connectivity index (χ0v) is 12.2. The van der Waals surface area contributed by atoms with E-state index in [1.165, 1.54) is 30.6 Å². The number of anilines is 2. The number of aryl methyl sites for hydroxylation is 1. The average Bonchev–Trinajstić information content (AvgIpc) is 2.90. The van der Waals surface area contributed by atoms with E-state index < -0.39 is 5.97 Å². The highest BCUT2D eigenvalue weighted by atomic mass is 19.1. The zero-order chi connectivity index (χ0) is 16.4. The van der Waals surface area contributed by atoms with Gasteiger partial charge in [0.1, 0.15) is 11.6 Å². The van der Waals surface area contributed by atoms with Crippen molar-refractivity contribution in [3.8, 4) is 11.1 Å². The van der Waals surface area contributed by atoms with Crippen LogP contribution in [0, 0.1) is 5.82 Å². The Balaban J connectivity index is 2.03. The Kier molecular flexibility index (Phi) is 3.76. The average molecular weight is 312 g/mol. The number of aromatic nitrogens is 3. The van der Waals surface area contributed by atoms with Crippen molar-refractivity contribution >= 4 is 17.5 Å². The van der Waals surface area contributed by atoms with Crippen LogP contribution in [0.1, 0.15) is 10.4 Å². The Hall–Kier alpha value is -3.22. The largest absolute Gasteiger partial charge is 0.478 e.